The van der Waals surface area contributed by atoms with Gasteiger partial charge in [-0.25, -0.2) is 4.68 Å². The molecule has 1 aliphatic heterocycles. The second kappa shape index (κ2) is 5.61. The van der Waals surface area contributed by atoms with E-state index < -0.39 is 5.60 Å². The van der Waals surface area contributed by atoms with Gasteiger partial charge in [-0.15, -0.1) is 0 Å². The van der Waals surface area contributed by atoms with Gasteiger partial charge >= 0.3 is 0 Å². The highest BCUT2D eigenvalue weighted by Gasteiger charge is 2.26. The van der Waals surface area contributed by atoms with Gasteiger partial charge in [0, 0.05) is 39.3 Å². The Morgan fingerprint density at radius 3 is 2.35 bits per heavy atom. The van der Waals surface area contributed by atoms with Crippen LogP contribution in [-0.2, 0) is 6.54 Å². The van der Waals surface area contributed by atoms with Crippen molar-refractivity contribution < 1.29 is 5.11 Å². The lowest BCUT2D eigenvalue weighted by molar-refractivity contribution is 0.0344. The topological polar surface area (TPSA) is 70.6 Å². The van der Waals surface area contributed by atoms with Crippen molar-refractivity contribution in [1.82, 2.24) is 14.7 Å². The molecule has 0 spiro atoms. The van der Waals surface area contributed by atoms with Gasteiger partial charge in [-0.05, 0) is 27.7 Å². The van der Waals surface area contributed by atoms with Gasteiger partial charge in [0.25, 0.3) is 0 Å². The SMILES string of the molecule is CCn1nc(C)c(N)c1N1CCN(CC(C)(C)O)CC1. The van der Waals surface area contributed by atoms with Gasteiger partial charge in [-0.3, -0.25) is 4.90 Å². The van der Waals surface area contributed by atoms with E-state index in [0.717, 1.165) is 49.9 Å². The molecule has 0 bridgehead atoms. The lowest BCUT2D eigenvalue weighted by Gasteiger charge is -2.38. The van der Waals surface area contributed by atoms with Gasteiger partial charge in [0.1, 0.15) is 0 Å². The Labute approximate surface area is 121 Å². The molecule has 0 saturated carbocycles. The van der Waals surface area contributed by atoms with Crippen LogP contribution in [0.15, 0.2) is 0 Å². The molecule has 2 rings (SSSR count). The molecular weight excluding hydrogens is 254 g/mol. The van der Waals surface area contributed by atoms with Gasteiger partial charge in [0.05, 0.1) is 17.0 Å². The first-order valence-electron chi connectivity index (χ1n) is 7.34. The summed E-state index contributed by atoms with van der Waals surface area (Å²) < 4.78 is 1.98. The smallest absolute Gasteiger partial charge is 0.150 e. The minimum atomic E-state index is -0.636. The number of aliphatic hydroxyl groups is 1. The van der Waals surface area contributed by atoms with E-state index >= 15 is 0 Å². The number of piperazine rings is 1. The molecule has 0 amide bonds. The van der Waals surface area contributed by atoms with Crippen LogP contribution in [0, 0.1) is 6.92 Å². The number of aryl methyl sites for hydroxylation is 2. The van der Waals surface area contributed by atoms with E-state index in [1.54, 1.807) is 0 Å². The number of hydrogen-bond donors (Lipinski definition) is 2. The monoisotopic (exact) mass is 281 g/mol. The number of nitrogens with two attached hydrogens (primary N) is 1. The molecule has 0 radical (unpaired) electrons. The maximum Gasteiger partial charge on any atom is 0.150 e. The van der Waals surface area contributed by atoms with E-state index in [2.05, 4.69) is 21.8 Å². The average molecular weight is 281 g/mol. The van der Waals surface area contributed by atoms with Crippen LogP contribution < -0.4 is 10.6 Å². The van der Waals surface area contributed by atoms with Crippen LogP contribution in [-0.4, -0.2) is 58.1 Å². The number of aromatic nitrogens is 2. The maximum absolute atomic E-state index is 9.89. The molecule has 0 unspecified atom stereocenters. The summed E-state index contributed by atoms with van der Waals surface area (Å²) in [5, 5.41) is 14.4. The van der Waals surface area contributed by atoms with E-state index in [-0.39, 0.29) is 0 Å². The Bertz CT molecular complexity index is 455. The second-order valence-corrected chi connectivity index (χ2v) is 6.21. The van der Waals surface area contributed by atoms with Crippen LogP contribution in [0.1, 0.15) is 26.5 Å². The third kappa shape index (κ3) is 3.24. The van der Waals surface area contributed by atoms with Crippen LogP contribution in [0.4, 0.5) is 11.5 Å². The van der Waals surface area contributed by atoms with Crippen molar-refractivity contribution in [3.8, 4) is 0 Å². The number of hydrogen-bond acceptors (Lipinski definition) is 5. The fourth-order valence-electron chi connectivity index (χ4n) is 2.80. The normalized spacial score (nSPS) is 17.8. The molecule has 114 valence electrons. The maximum atomic E-state index is 9.89. The molecule has 1 aliphatic rings. The summed E-state index contributed by atoms with van der Waals surface area (Å²) in [6, 6.07) is 0. The van der Waals surface area contributed by atoms with Crippen LogP contribution >= 0.6 is 0 Å². The molecule has 2 heterocycles. The molecule has 6 heteroatoms. The highest BCUT2D eigenvalue weighted by atomic mass is 16.3. The standard InChI is InChI=1S/C14H27N5O/c1-5-19-13(12(15)11(2)16-19)18-8-6-17(7-9-18)10-14(3,4)20/h20H,5-10,15H2,1-4H3. The van der Waals surface area contributed by atoms with Crippen molar-refractivity contribution in [3.05, 3.63) is 5.69 Å². The van der Waals surface area contributed by atoms with Crippen molar-refractivity contribution in [1.29, 1.82) is 0 Å². The fourth-order valence-corrected chi connectivity index (χ4v) is 2.80. The minimum absolute atomic E-state index is 0.636. The average Bonchev–Trinajstić information content (AvgIpc) is 2.65. The largest absolute Gasteiger partial charge is 0.394 e. The molecule has 3 N–H and O–H groups in total. The van der Waals surface area contributed by atoms with Crippen molar-refractivity contribution >= 4 is 11.5 Å². The zero-order valence-electron chi connectivity index (χ0n) is 13.1. The fraction of sp³-hybridized carbons (Fsp3) is 0.786. The summed E-state index contributed by atoms with van der Waals surface area (Å²) in [5.41, 5.74) is 7.23. The van der Waals surface area contributed by atoms with Gasteiger partial charge in [0.2, 0.25) is 0 Å². The first kappa shape index (κ1) is 15.1. The zero-order valence-corrected chi connectivity index (χ0v) is 13.1. The highest BCUT2D eigenvalue weighted by Crippen LogP contribution is 2.27. The highest BCUT2D eigenvalue weighted by molar-refractivity contribution is 5.66. The third-order valence-electron chi connectivity index (χ3n) is 3.73. The van der Waals surface area contributed by atoms with Crippen molar-refractivity contribution in [2.45, 2.75) is 39.8 Å². The van der Waals surface area contributed by atoms with E-state index in [1.165, 1.54) is 0 Å². The number of nitrogens with zero attached hydrogens (tertiary/aromatic N) is 4. The second-order valence-electron chi connectivity index (χ2n) is 6.21. The Balaban J connectivity index is 2.04. The summed E-state index contributed by atoms with van der Waals surface area (Å²) >= 11 is 0. The molecule has 1 fully saturated rings. The van der Waals surface area contributed by atoms with E-state index in [9.17, 15) is 5.11 Å². The zero-order chi connectivity index (χ0) is 14.9. The Morgan fingerprint density at radius 2 is 1.85 bits per heavy atom. The molecule has 0 atom stereocenters. The third-order valence-corrected chi connectivity index (χ3v) is 3.73. The summed E-state index contributed by atoms with van der Waals surface area (Å²) in [7, 11) is 0. The Kier molecular flexibility index (Phi) is 4.25. The quantitative estimate of drug-likeness (QED) is 0.849. The van der Waals surface area contributed by atoms with Crippen LogP contribution in [0.5, 0.6) is 0 Å². The molecule has 1 saturated heterocycles. The number of anilines is 2. The molecule has 0 aromatic carbocycles. The van der Waals surface area contributed by atoms with Gasteiger partial charge in [0.15, 0.2) is 5.82 Å². The summed E-state index contributed by atoms with van der Waals surface area (Å²) in [6.45, 7) is 13.0. The number of β-amino-alcohol motifs (C(OH)–C–C–N with tert-alkyl or cyclic N) is 1. The molecule has 0 aliphatic carbocycles. The predicted molar refractivity (Wildman–Crippen MR) is 82.0 cm³/mol. The van der Waals surface area contributed by atoms with E-state index in [0.29, 0.717) is 6.54 Å². The van der Waals surface area contributed by atoms with Crippen molar-refractivity contribution in [2.24, 2.45) is 0 Å². The first-order chi connectivity index (χ1) is 9.31. The summed E-state index contributed by atoms with van der Waals surface area (Å²) in [4.78, 5) is 4.60. The van der Waals surface area contributed by atoms with E-state index in [1.807, 2.05) is 25.5 Å². The van der Waals surface area contributed by atoms with Gasteiger partial charge in [-0.1, -0.05) is 0 Å². The Hall–Kier alpha value is -1.27. The number of nitrogen functional groups attached to an aromatic ring is 1. The molecule has 6 nitrogen and oxygen atoms in total. The molecule has 1 aromatic heterocycles. The molecule has 1 aromatic rings. The van der Waals surface area contributed by atoms with E-state index in [4.69, 9.17) is 5.73 Å². The van der Waals surface area contributed by atoms with Gasteiger partial charge in [-0.2, -0.15) is 5.10 Å². The van der Waals surface area contributed by atoms with Crippen LogP contribution in [0.3, 0.4) is 0 Å². The van der Waals surface area contributed by atoms with Gasteiger partial charge < -0.3 is 15.7 Å². The number of rotatable bonds is 4. The first-order valence-corrected chi connectivity index (χ1v) is 7.34. The van der Waals surface area contributed by atoms with Crippen molar-refractivity contribution in [3.63, 3.8) is 0 Å². The minimum Gasteiger partial charge on any atom is -0.394 e. The van der Waals surface area contributed by atoms with Crippen LogP contribution in [0.25, 0.3) is 0 Å². The molecular formula is C14H27N5O. The predicted octanol–water partition coefficient (Wildman–Crippen LogP) is 0.687. The van der Waals surface area contributed by atoms with Crippen molar-refractivity contribution in [2.75, 3.05) is 43.4 Å². The lowest BCUT2D eigenvalue weighted by atomic mass is 10.1. The summed E-state index contributed by atoms with van der Waals surface area (Å²) in [5.74, 6) is 1.05. The summed E-state index contributed by atoms with van der Waals surface area (Å²) in [6.07, 6.45) is 0. The molecule has 20 heavy (non-hydrogen) atoms. The lowest BCUT2D eigenvalue weighted by Crippen LogP contribution is -2.51. The Morgan fingerprint density at radius 1 is 1.25 bits per heavy atom. The van der Waals surface area contributed by atoms with Crippen LogP contribution in [0.2, 0.25) is 0 Å².